The van der Waals surface area contributed by atoms with Crippen LogP contribution >= 0.6 is 15.9 Å². The molecule has 0 amide bonds. The van der Waals surface area contributed by atoms with E-state index < -0.39 is 5.76 Å². The highest BCUT2D eigenvalue weighted by Crippen LogP contribution is 2.25. The van der Waals surface area contributed by atoms with Crippen LogP contribution in [0.3, 0.4) is 0 Å². The molecule has 0 bridgehead atoms. The van der Waals surface area contributed by atoms with Crippen molar-refractivity contribution in [3.05, 3.63) is 45.0 Å². The molecule has 0 radical (unpaired) electrons. The molecule has 2 aromatic rings. The SMILES string of the molecule is COCc1cc(-c2c[nH]c(=O)o2)ccc1Br. The zero-order chi connectivity index (χ0) is 11.5. The fourth-order valence-corrected chi connectivity index (χ4v) is 1.78. The smallest absolute Gasteiger partial charge is 0.408 e. The zero-order valence-electron chi connectivity index (χ0n) is 8.62. The molecule has 1 N–H and O–H groups in total. The molecule has 0 unspecified atom stereocenters. The second-order valence-corrected chi connectivity index (χ2v) is 4.14. The summed E-state index contributed by atoms with van der Waals surface area (Å²) in [5.41, 5.74) is 1.84. The lowest BCUT2D eigenvalue weighted by Crippen LogP contribution is -1.92. The molecule has 0 spiro atoms. The van der Waals surface area contributed by atoms with Crippen molar-refractivity contribution < 1.29 is 9.15 Å². The van der Waals surface area contributed by atoms with Crippen LogP contribution in [0.5, 0.6) is 0 Å². The van der Waals surface area contributed by atoms with Gasteiger partial charge in [0, 0.05) is 17.1 Å². The molecule has 84 valence electrons. The lowest BCUT2D eigenvalue weighted by Gasteiger charge is -2.04. The van der Waals surface area contributed by atoms with Crippen molar-refractivity contribution in [2.24, 2.45) is 0 Å². The Bertz CT molecular complexity index is 544. The molecule has 0 saturated carbocycles. The number of oxazole rings is 1. The maximum atomic E-state index is 10.9. The molecule has 0 aliphatic rings. The van der Waals surface area contributed by atoms with Gasteiger partial charge in [-0.3, -0.25) is 4.98 Å². The van der Waals surface area contributed by atoms with Crippen molar-refractivity contribution in [3.8, 4) is 11.3 Å². The van der Waals surface area contributed by atoms with Gasteiger partial charge in [-0.1, -0.05) is 22.0 Å². The van der Waals surface area contributed by atoms with Crippen LogP contribution in [0.2, 0.25) is 0 Å². The monoisotopic (exact) mass is 283 g/mol. The Balaban J connectivity index is 2.42. The second-order valence-electron chi connectivity index (χ2n) is 3.28. The van der Waals surface area contributed by atoms with Gasteiger partial charge in [0.2, 0.25) is 0 Å². The van der Waals surface area contributed by atoms with Crippen LogP contribution in [0.4, 0.5) is 0 Å². The Labute approximate surface area is 100 Å². The average molecular weight is 284 g/mol. The first-order chi connectivity index (χ1) is 7.70. The maximum absolute atomic E-state index is 10.9. The third-order valence-electron chi connectivity index (χ3n) is 2.15. The first-order valence-corrected chi connectivity index (χ1v) is 5.46. The summed E-state index contributed by atoms with van der Waals surface area (Å²) in [6.07, 6.45) is 1.54. The van der Waals surface area contributed by atoms with Crippen LogP contribution in [0.15, 0.2) is 38.1 Å². The van der Waals surface area contributed by atoms with Gasteiger partial charge in [-0.05, 0) is 17.7 Å². The molecule has 0 fully saturated rings. The number of ether oxygens (including phenoxy) is 1. The van der Waals surface area contributed by atoms with Gasteiger partial charge in [-0.15, -0.1) is 0 Å². The summed E-state index contributed by atoms with van der Waals surface area (Å²) in [5, 5.41) is 0. The predicted octanol–water partition coefficient (Wildman–Crippen LogP) is 2.54. The molecule has 16 heavy (non-hydrogen) atoms. The number of halogens is 1. The Morgan fingerprint density at radius 1 is 1.50 bits per heavy atom. The van der Waals surface area contributed by atoms with E-state index in [1.54, 1.807) is 13.3 Å². The van der Waals surface area contributed by atoms with E-state index in [1.807, 2.05) is 18.2 Å². The van der Waals surface area contributed by atoms with Crippen molar-refractivity contribution in [3.63, 3.8) is 0 Å². The average Bonchev–Trinajstić information content (AvgIpc) is 2.69. The van der Waals surface area contributed by atoms with E-state index in [1.165, 1.54) is 0 Å². The second kappa shape index (κ2) is 4.67. The number of nitrogens with one attached hydrogen (secondary N) is 1. The molecule has 2 rings (SSSR count). The van der Waals surface area contributed by atoms with E-state index >= 15 is 0 Å². The molecule has 1 aromatic heterocycles. The molecule has 0 atom stereocenters. The lowest BCUT2D eigenvalue weighted by molar-refractivity contribution is 0.184. The molecule has 0 saturated heterocycles. The standard InChI is InChI=1S/C11H10BrNO3/c1-15-6-8-4-7(2-3-9(8)12)10-5-13-11(14)16-10/h2-5H,6H2,1H3,(H,13,14). The molecule has 4 nitrogen and oxygen atoms in total. The number of methoxy groups -OCH3 is 1. The van der Waals surface area contributed by atoms with Gasteiger partial charge >= 0.3 is 5.76 Å². The Morgan fingerprint density at radius 2 is 2.31 bits per heavy atom. The van der Waals surface area contributed by atoms with E-state index in [2.05, 4.69) is 20.9 Å². The first-order valence-electron chi connectivity index (χ1n) is 4.67. The van der Waals surface area contributed by atoms with E-state index in [0.717, 1.165) is 15.6 Å². The van der Waals surface area contributed by atoms with Gasteiger partial charge in [-0.2, -0.15) is 0 Å². The van der Waals surface area contributed by atoms with Gasteiger partial charge in [-0.25, -0.2) is 4.79 Å². The highest BCUT2D eigenvalue weighted by atomic mass is 79.9. The fourth-order valence-electron chi connectivity index (χ4n) is 1.42. The number of aromatic nitrogens is 1. The topological polar surface area (TPSA) is 55.2 Å². The minimum absolute atomic E-state index is 0.453. The van der Waals surface area contributed by atoms with Crippen molar-refractivity contribution in [2.75, 3.05) is 7.11 Å². The number of hydrogen-bond acceptors (Lipinski definition) is 3. The van der Waals surface area contributed by atoms with Crippen molar-refractivity contribution in [2.45, 2.75) is 6.61 Å². The normalized spacial score (nSPS) is 10.6. The minimum Gasteiger partial charge on any atom is -0.408 e. The Hall–Kier alpha value is -1.33. The van der Waals surface area contributed by atoms with Crippen LogP contribution in [0.25, 0.3) is 11.3 Å². The summed E-state index contributed by atoms with van der Waals surface area (Å²) in [5.74, 6) is 0.0704. The van der Waals surface area contributed by atoms with Crippen LogP contribution in [-0.2, 0) is 11.3 Å². The van der Waals surface area contributed by atoms with Gasteiger partial charge in [0.15, 0.2) is 5.76 Å². The van der Waals surface area contributed by atoms with Crippen LogP contribution in [0.1, 0.15) is 5.56 Å². The third-order valence-corrected chi connectivity index (χ3v) is 2.93. The number of rotatable bonds is 3. The van der Waals surface area contributed by atoms with E-state index in [-0.39, 0.29) is 0 Å². The molecule has 1 heterocycles. The zero-order valence-corrected chi connectivity index (χ0v) is 10.2. The van der Waals surface area contributed by atoms with Gasteiger partial charge in [0.25, 0.3) is 0 Å². The first kappa shape index (κ1) is 11.2. The molecular weight excluding hydrogens is 274 g/mol. The largest absolute Gasteiger partial charge is 0.416 e. The van der Waals surface area contributed by atoms with Crippen molar-refractivity contribution in [1.82, 2.24) is 4.98 Å². The van der Waals surface area contributed by atoms with Crippen LogP contribution in [0, 0.1) is 0 Å². The van der Waals surface area contributed by atoms with Crippen LogP contribution in [-0.4, -0.2) is 12.1 Å². The molecule has 0 aliphatic heterocycles. The molecule has 5 heteroatoms. The van der Waals surface area contributed by atoms with Crippen molar-refractivity contribution >= 4 is 15.9 Å². The van der Waals surface area contributed by atoms with E-state index in [4.69, 9.17) is 9.15 Å². The highest BCUT2D eigenvalue weighted by Gasteiger charge is 2.06. The number of aromatic amines is 1. The molecular formula is C11H10BrNO3. The summed E-state index contributed by atoms with van der Waals surface area (Å²) in [4.78, 5) is 13.4. The summed E-state index contributed by atoms with van der Waals surface area (Å²) < 4.78 is 11.0. The third kappa shape index (κ3) is 2.25. The van der Waals surface area contributed by atoms with Gasteiger partial charge < -0.3 is 9.15 Å². The fraction of sp³-hybridized carbons (Fsp3) is 0.182. The number of H-pyrrole nitrogens is 1. The Kier molecular flexibility index (Phi) is 3.26. The van der Waals surface area contributed by atoms with Crippen LogP contribution < -0.4 is 5.76 Å². The summed E-state index contributed by atoms with van der Waals surface area (Å²) in [6.45, 7) is 0.503. The minimum atomic E-state index is -0.453. The summed E-state index contributed by atoms with van der Waals surface area (Å²) in [6, 6.07) is 5.69. The van der Waals surface area contributed by atoms with Gasteiger partial charge in [0.05, 0.1) is 12.8 Å². The Morgan fingerprint density at radius 3 is 2.94 bits per heavy atom. The number of hydrogen-bond donors (Lipinski definition) is 1. The molecule has 1 aromatic carbocycles. The highest BCUT2D eigenvalue weighted by molar-refractivity contribution is 9.10. The summed E-state index contributed by atoms with van der Waals surface area (Å²) in [7, 11) is 1.63. The maximum Gasteiger partial charge on any atom is 0.416 e. The molecule has 0 aliphatic carbocycles. The van der Waals surface area contributed by atoms with E-state index in [9.17, 15) is 4.79 Å². The van der Waals surface area contributed by atoms with Gasteiger partial charge in [0.1, 0.15) is 0 Å². The number of benzene rings is 1. The predicted molar refractivity (Wildman–Crippen MR) is 63.2 cm³/mol. The lowest BCUT2D eigenvalue weighted by atomic mass is 10.1. The van der Waals surface area contributed by atoms with Crippen molar-refractivity contribution in [1.29, 1.82) is 0 Å². The van der Waals surface area contributed by atoms with E-state index in [0.29, 0.717) is 12.4 Å². The summed E-state index contributed by atoms with van der Waals surface area (Å²) >= 11 is 3.43. The quantitative estimate of drug-likeness (QED) is 0.942.